The molecule has 0 aliphatic carbocycles. The van der Waals surface area contributed by atoms with Crippen LogP contribution < -0.4 is 0 Å². The number of aliphatic hydroxyl groups is 1. The van der Waals surface area contributed by atoms with Gasteiger partial charge in [0.25, 0.3) is 0 Å². The van der Waals surface area contributed by atoms with E-state index in [9.17, 15) is 5.11 Å². The van der Waals surface area contributed by atoms with Crippen LogP contribution in [0.3, 0.4) is 0 Å². The van der Waals surface area contributed by atoms with Crippen LogP contribution in [-0.2, 0) is 0 Å². The van der Waals surface area contributed by atoms with Crippen molar-refractivity contribution in [3.63, 3.8) is 0 Å². The van der Waals surface area contributed by atoms with Crippen molar-refractivity contribution < 1.29 is 5.11 Å². The lowest BCUT2D eigenvalue weighted by Gasteiger charge is -2.37. The minimum atomic E-state index is 0.173. The maximum atomic E-state index is 10.2. The van der Waals surface area contributed by atoms with Crippen LogP contribution in [-0.4, -0.2) is 28.7 Å². The minimum Gasteiger partial charge on any atom is -0.394 e. The second-order valence-electron chi connectivity index (χ2n) is 7.43. The highest BCUT2D eigenvalue weighted by atomic mass is 16.3. The summed E-state index contributed by atoms with van der Waals surface area (Å²) in [5.41, 5.74) is 1.28. The Morgan fingerprint density at radius 1 is 0.917 bits per heavy atom. The van der Waals surface area contributed by atoms with Crippen molar-refractivity contribution >= 4 is 0 Å². The highest BCUT2D eigenvalue weighted by Crippen LogP contribution is 2.38. The van der Waals surface area contributed by atoms with Gasteiger partial charge in [0.2, 0.25) is 0 Å². The fraction of sp³-hybridized carbons (Fsp3) is 0.727. The predicted molar refractivity (Wildman–Crippen MR) is 103 cm³/mol. The summed E-state index contributed by atoms with van der Waals surface area (Å²) in [6.07, 6.45) is 13.1. The highest BCUT2D eigenvalue weighted by molar-refractivity contribution is 5.20. The van der Waals surface area contributed by atoms with Crippen molar-refractivity contribution in [1.82, 2.24) is 4.90 Å². The Morgan fingerprint density at radius 3 is 1.92 bits per heavy atom. The van der Waals surface area contributed by atoms with Crippen LogP contribution >= 0.6 is 0 Å². The number of rotatable bonds is 11. The Hall–Kier alpha value is -0.860. The molecule has 0 radical (unpaired) electrons. The molecule has 2 rings (SSSR count). The summed E-state index contributed by atoms with van der Waals surface area (Å²) in [6.45, 7) is 4.79. The molecule has 24 heavy (non-hydrogen) atoms. The van der Waals surface area contributed by atoms with Gasteiger partial charge >= 0.3 is 0 Å². The number of hydrogen-bond acceptors (Lipinski definition) is 2. The molecule has 0 aromatic heterocycles. The third-order valence-corrected chi connectivity index (χ3v) is 5.68. The van der Waals surface area contributed by atoms with Crippen molar-refractivity contribution in [2.24, 2.45) is 0 Å². The first-order chi connectivity index (χ1) is 11.8. The van der Waals surface area contributed by atoms with E-state index < -0.39 is 0 Å². The lowest BCUT2D eigenvalue weighted by molar-refractivity contribution is 0.0686. The first-order valence-electron chi connectivity index (χ1n) is 10.2. The summed E-state index contributed by atoms with van der Waals surface area (Å²) >= 11 is 0. The molecule has 0 unspecified atom stereocenters. The van der Waals surface area contributed by atoms with Crippen molar-refractivity contribution in [3.8, 4) is 0 Å². The molecule has 1 N–H and O–H groups in total. The van der Waals surface area contributed by atoms with E-state index in [-0.39, 0.29) is 12.6 Å². The Labute approximate surface area is 149 Å². The summed E-state index contributed by atoms with van der Waals surface area (Å²) in [4.78, 5) is 2.70. The van der Waals surface area contributed by atoms with Crippen LogP contribution in [0.1, 0.15) is 89.7 Å². The van der Waals surface area contributed by atoms with Gasteiger partial charge in [-0.2, -0.15) is 0 Å². The van der Waals surface area contributed by atoms with Crippen molar-refractivity contribution in [2.45, 2.75) is 96.2 Å². The van der Waals surface area contributed by atoms with E-state index in [1.165, 1.54) is 69.8 Å². The second kappa shape index (κ2) is 10.9. The normalized spacial score (nSPS) is 22.8. The third kappa shape index (κ3) is 5.32. The second-order valence-corrected chi connectivity index (χ2v) is 7.43. The zero-order valence-electron chi connectivity index (χ0n) is 15.8. The van der Waals surface area contributed by atoms with Gasteiger partial charge in [-0.3, -0.25) is 4.90 Å². The number of aliphatic hydroxyl groups excluding tert-OH is 1. The van der Waals surface area contributed by atoms with E-state index in [0.717, 1.165) is 0 Å². The van der Waals surface area contributed by atoms with E-state index in [4.69, 9.17) is 0 Å². The zero-order valence-corrected chi connectivity index (χ0v) is 15.8. The van der Waals surface area contributed by atoms with Crippen LogP contribution in [0.4, 0.5) is 0 Å². The zero-order chi connectivity index (χ0) is 17.2. The van der Waals surface area contributed by atoms with Crippen LogP contribution in [0, 0.1) is 0 Å². The molecule has 1 aromatic rings. The lowest BCUT2D eigenvalue weighted by Crippen LogP contribution is -2.41. The van der Waals surface area contributed by atoms with Crippen LogP contribution in [0.2, 0.25) is 0 Å². The summed E-state index contributed by atoms with van der Waals surface area (Å²) in [5, 5.41) is 10.2. The Balaban J connectivity index is 2.11. The Morgan fingerprint density at radius 2 is 1.46 bits per heavy atom. The Kier molecular flexibility index (Phi) is 8.83. The van der Waals surface area contributed by atoms with E-state index in [1.54, 1.807) is 0 Å². The average molecular weight is 332 g/mol. The molecule has 0 spiro atoms. The molecule has 0 amide bonds. The molecule has 1 aromatic carbocycles. The molecule has 136 valence electrons. The van der Waals surface area contributed by atoms with Crippen LogP contribution in [0.25, 0.3) is 0 Å². The van der Waals surface area contributed by atoms with Gasteiger partial charge in [0.05, 0.1) is 12.6 Å². The summed E-state index contributed by atoms with van der Waals surface area (Å²) in [6, 6.07) is 12.1. The van der Waals surface area contributed by atoms with Crippen molar-refractivity contribution in [3.05, 3.63) is 35.9 Å². The molecule has 1 heterocycles. The van der Waals surface area contributed by atoms with Crippen molar-refractivity contribution in [1.29, 1.82) is 0 Å². The minimum absolute atomic E-state index is 0.173. The molecule has 1 saturated heterocycles. The molecule has 2 nitrogen and oxygen atoms in total. The number of nitrogens with zero attached hydrogens (tertiary/aromatic N) is 1. The van der Waals surface area contributed by atoms with Gasteiger partial charge in [0, 0.05) is 12.1 Å². The molecule has 0 saturated carbocycles. The number of hydrogen-bond donors (Lipinski definition) is 1. The molecule has 1 aliphatic rings. The fourth-order valence-corrected chi connectivity index (χ4v) is 4.38. The quantitative estimate of drug-likeness (QED) is 0.525. The monoisotopic (exact) mass is 331 g/mol. The fourth-order valence-electron chi connectivity index (χ4n) is 4.38. The maximum Gasteiger partial charge on any atom is 0.0628 e. The van der Waals surface area contributed by atoms with Gasteiger partial charge in [-0.1, -0.05) is 82.7 Å². The molecular formula is C22H37NO. The van der Waals surface area contributed by atoms with Gasteiger partial charge in [0.1, 0.15) is 0 Å². The standard InChI is InChI=1S/C22H37NO/c1-3-5-8-14-20-16-17-21(15-9-6-4-2)23(20)22(18-24)19-12-10-7-11-13-19/h7,10-13,20-22,24H,3-6,8-9,14-18H2,1-2H3/t20-,21-,22-/m1/s1. The van der Waals surface area contributed by atoms with E-state index in [2.05, 4.69) is 49.1 Å². The molecule has 3 atom stereocenters. The lowest BCUT2D eigenvalue weighted by atomic mass is 10.00. The van der Waals surface area contributed by atoms with E-state index in [1.807, 2.05) is 0 Å². The van der Waals surface area contributed by atoms with Gasteiger partial charge < -0.3 is 5.11 Å². The first-order valence-corrected chi connectivity index (χ1v) is 10.2. The number of likely N-dealkylation sites (tertiary alicyclic amines) is 1. The van der Waals surface area contributed by atoms with Gasteiger partial charge in [-0.05, 0) is 31.2 Å². The summed E-state index contributed by atoms with van der Waals surface area (Å²) in [5.74, 6) is 0. The molecule has 1 aliphatic heterocycles. The first kappa shape index (κ1) is 19.5. The average Bonchev–Trinajstić information content (AvgIpc) is 3.00. The van der Waals surface area contributed by atoms with Gasteiger partial charge in [-0.25, -0.2) is 0 Å². The van der Waals surface area contributed by atoms with Gasteiger partial charge in [-0.15, -0.1) is 0 Å². The van der Waals surface area contributed by atoms with Crippen molar-refractivity contribution in [2.75, 3.05) is 6.61 Å². The topological polar surface area (TPSA) is 23.5 Å². The molecule has 0 bridgehead atoms. The van der Waals surface area contributed by atoms with Crippen LogP contribution in [0.5, 0.6) is 0 Å². The third-order valence-electron chi connectivity index (χ3n) is 5.68. The smallest absolute Gasteiger partial charge is 0.0628 e. The number of benzene rings is 1. The summed E-state index contributed by atoms with van der Waals surface area (Å²) in [7, 11) is 0. The van der Waals surface area contributed by atoms with Gasteiger partial charge in [0.15, 0.2) is 0 Å². The van der Waals surface area contributed by atoms with E-state index in [0.29, 0.717) is 12.1 Å². The summed E-state index contributed by atoms with van der Waals surface area (Å²) < 4.78 is 0. The van der Waals surface area contributed by atoms with E-state index >= 15 is 0 Å². The SMILES string of the molecule is CCCCC[C@@H]1CC[C@@H](CCCCC)N1[C@H](CO)c1ccccc1. The van der Waals surface area contributed by atoms with Crippen LogP contribution in [0.15, 0.2) is 30.3 Å². The molecule has 2 heteroatoms. The maximum absolute atomic E-state index is 10.2. The predicted octanol–water partition coefficient (Wildman–Crippen LogP) is 5.71. The molecular weight excluding hydrogens is 294 g/mol. The Bertz CT molecular complexity index is 415. The largest absolute Gasteiger partial charge is 0.394 e. The number of unbranched alkanes of at least 4 members (excludes halogenated alkanes) is 4. The molecule has 1 fully saturated rings. The highest BCUT2D eigenvalue weighted by Gasteiger charge is 2.37.